The van der Waals surface area contributed by atoms with E-state index in [9.17, 15) is 14.9 Å². The van der Waals surface area contributed by atoms with E-state index in [0.29, 0.717) is 6.54 Å². The number of imidazole rings is 1. The maximum absolute atomic E-state index is 11.1. The van der Waals surface area contributed by atoms with Gasteiger partial charge in [-0.2, -0.15) is 0 Å². The van der Waals surface area contributed by atoms with Gasteiger partial charge in [0.25, 0.3) is 5.69 Å². The number of nitro groups is 1. The van der Waals surface area contributed by atoms with Gasteiger partial charge >= 0.3 is 0 Å². The lowest BCUT2D eigenvalue weighted by Gasteiger charge is -2.09. The highest BCUT2D eigenvalue weighted by Crippen LogP contribution is 2.21. The van der Waals surface area contributed by atoms with Crippen LogP contribution in [-0.4, -0.2) is 20.4 Å². The van der Waals surface area contributed by atoms with Crippen molar-refractivity contribution in [3.8, 4) is 11.4 Å². The number of non-ortho nitro benzene ring substituents is 1. The number of nitrogens with zero attached hydrogens (tertiary/aromatic N) is 3. The summed E-state index contributed by atoms with van der Waals surface area (Å²) in [6.45, 7) is 2.02. The zero-order valence-electron chi connectivity index (χ0n) is 13.5. The van der Waals surface area contributed by atoms with Crippen LogP contribution in [0.3, 0.4) is 0 Å². The first-order valence-corrected chi connectivity index (χ1v) is 7.65. The number of aromatic nitrogens is 2. The average molecular weight is 336 g/mol. The second kappa shape index (κ2) is 6.96. The summed E-state index contributed by atoms with van der Waals surface area (Å²) in [4.78, 5) is 25.8. The Labute approximate surface area is 144 Å². The first-order chi connectivity index (χ1) is 12.0. The Bertz CT molecular complexity index is 899. The molecule has 2 aromatic carbocycles. The van der Waals surface area contributed by atoms with Crippen LogP contribution < -0.4 is 5.32 Å². The van der Waals surface area contributed by atoms with Crippen LogP contribution in [0.4, 0.5) is 11.4 Å². The summed E-state index contributed by atoms with van der Waals surface area (Å²) in [6.07, 6.45) is 3.57. The molecule has 0 aliphatic heterocycles. The third-order valence-electron chi connectivity index (χ3n) is 3.68. The van der Waals surface area contributed by atoms with Crippen molar-refractivity contribution in [3.05, 3.63) is 76.6 Å². The highest BCUT2D eigenvalue weighted by Gasteiger charge is 2.09. The number of rotatable bonds is 5. The van der Waals surface area contributed by atoms with Crippen molar-refractivity contribution < 1.29 is 9.72 Å². The molecular formula is C18H16N4O3. The van der Waals surface area contributed by atoms with E-state index in [2.05, 4.69) is 10.3 Å². The Morgan fingerprint density at radius 3 is 2.44 bits per heavy atom. The molecule has 0 radical (unpaired) electrons. The third kappa shape index (κ3) is 3.89. The summed E-state index contributed by atoms with van der Waals surface area (Å²) < 4.78 is 1.97. The number of hydrogen-bond donors (Lipinski definition) is 1. The smallest absolute Gasteiger partial charge is 0.269 e. The van der Waals surface area contributed by atoms with Crippen LogP contribution in [0, 0.1) is 10.1 Å². The standard InChI is InChI=1S/C18H16N4O3/c1-13(23)20-16-6-4-15(5-7-16)18-19-10-11-21(18)12-14-2-8-17(9-3-14)22(24)25/h2-11H,12H2,1H3,(H,20,23). The molecule has 1 heterocycles. The van der Waals surface area contributed by atoms with Crippen LogP contribution in [0.2, 0.25) is 0 Å². The molecule has 0 saturated heterocycles. The largest absolute Gasteiger partial charge is 0.327 e. The first-order valence-electron chi connectivity index (χ1n) is 7.65. The number of carbonyl (C=O) groups excluding carboxylic acids is 1. The Morgan fingerprint density at radius 1 is 1.16 bits per heavy atom. The minimum absolute atomic E-state index is 0.0724. The number of carbonyl (C=O) groups is 1. The molecule has 0 fully saturated rings. The highest BCUT2D eigenvalue weighted by molar-refractivity contribution is 5.88. The highest BCUT2D eigenvalue weighted by atomic mass is 16.6. The molecule has 0 atom stereocenters. The molecule has 0 saturated carbocycles. The summed E-state index contributed by atoms with van der Waals surface area (Å²) in [5, 5.41) is 13.5. The maximum Gasteiger partial charge on any atom is 0.269 e. The fourth-order valence-electron chi connectivity index (χ4n) is 2.52. The molecule has 0 spiro atoms. The van der Waals surface area contributed by atoms with E-state index in [-0.39, 0.29) is 11.6 Å². The SMILES string of the molecule is CC(=O)Nc1ccc(-c2nccn2Cc2ccc([N+](=O)[O-])cc2)cc1. The average Bonchev–Trinajstić information content (AvgIpc) is 3.03. The molecule has 0 bridgehead atoms. The lowest BCUT2D eigenvalue weighted by molar-refractivity contribution is -0.384. The van der Waals surface area contributed by atoms with Crippen molar-refractivity contribution in [1.29, 1.82) is 0 Å². The summed E-state index contributed by atoms with van der Waals surface area (Å²) in [7, 11) is 0. The number of amides is 1. The van der Waals surface area contributed by atoms with Gasteiger partial charge in [0.15, 0.2) is 0 Å². The number of hydrogen-bond acceptors (Lipinski definition) is 4. The van der Waals surface area contributed by atoms with E-state index < -0.39 is 4.92 Å². The van der Waals surface area contributed by atoms with Crippen LogP contribution in [-0.2, 0) is 11.3 Å². The van der Waals surface area contributed by atoms with Crippen molar-refractivity contribution in [2.24, 2.45) is 0 Å². The Hall–Kier alpha value is -3.48. The molecule has 1 amide bonds. The number of nitrogens with one attached hydrogen (secondary N) is 1. The fourth-order valence-corrected chi connectivity index (χ4v) is 2.52. The van der Waals surface area contributed by atoms with Gasteiger partial charge in [-0.05, 0) is 29.8 Å². The van der Waals surface area contributed by atoms with Gasteiger partial charge in [-0.3, -0.25) is 14.9 Å². The summed E-state index contributed by atoms with van der Waals surface area (Å²) in [6, 6.07) is 13.9. The van der Waals surface area contributed by atoms with Crippen LogP contribution in [0.1, 0.15) is 12.5 Å². The zero-order valence-corrected chi connectivity index (χ0v) is 13.5. The quantitative estimate of drug-likeness (QED) is 0.570. The normalized spacial score (nSPS) is 10.4. The number of benzene rings is 2. The van der Waals surface area contributed by atoms with Crippen LogP contribution in [0.25, 0.3) is 11.4 Å². The zero-order chi connectivity index (χ0) is 17.8. The third-order valence-corrected chi connectivity index (χ3v) is 3.68. The van der Waals surface area contributed by atoms with Gasteiger partial charge in [0.1, 0.15) is 5.82 Å². The van der Waals surface area contributed by atoms with Crippen molar-refractivity contribution in [3.63, 3.8) is 0 Å². The van der Waals surface area contributed by atoms with Gasteiger partial charge in [0.05, 0.1) is 4.92 Å². The van der Waals surface area contributed by atoms with Gasteiger partial charge in [0, 0.05) is 49.2 Å². The Balaban J connectivity index is 1.80. The molecule has 0 unspecified atom stereocenters. The second-order valence-corrected chi connectivity index (χ2v) is 5.56. The lowest BCUT2D eigenvalue weighted by Crippen LogP contribution is -2.05. The first kappa shape index (κ1) is 16.4. The lowest BCUT2D eigenvalue weighted by atomic mass is 10.1. The summed E-state index contributed by atoms with van der Waals surface area (Å²) in [5.74, 6) is 0.667. The summed E-state index contributed by atoms with van der Waals surface area (Å²) >= 11 is 0. The second-order valence-electron chi connectivity index (χ2n) is 5.56. The Kier molecular flexibility index (Phi) is 4.56. The maximum atomic E-state index is 11.1. The monoisotopic (exact) mass is 336 g/mol. The molecular weight excluding hydrogens is 320 g/mol. The van der Waals surface area contributed by atoms with Gasteiger partial charge in [-0.25, -0.2) is 4.98 Å². The summed E-state index contributed by atoms with van der Waals surface area (Å²) in [5.41, 5.74) is 2.66. The van der Waals surface area contributed by atoms with Gasteiger partial charge in [-0.1, -0.05) is 12.1 Å². The van der Waals surface area contributed by atoms with E-state index in [1.165, 1.54) is 19.1 Å². The molecule has 3 rings (SSSR count). The molecule has 0 aliphatic carbocycles. The van der Waals surface area contributed by atoms with Crippen molar-refractivity contribution in [2.75, 3.05) is 5.32 Å². The van der Waals surface area contributed by atoms with Crippen LogP contribution in [0.15, 0.2) is 60.9 Å². The molecule has 25 heavy (non-hydrogen) atoms. The Morgan fingerprint density at radius 2 is 1.84 bits per heavy atom. The van der Waals surface area contributed by atoms with Crippen LogP contribution >= 0.6 is 0 Å². The van der Waals surface area contributed by atoms with Crippen molar-refractivity contribution in [2.45, 2.75) is 13.5 Å². The minimum Gasteiger partial charge on any atom is -0.327 e. The minimum atomic E-state index is -0.414. The number of nitro benzene ring substituents is 1. The van der Waals surface area contributed by atoms with Gasteiger partial charge < -0.3 is 9.88 Å². The molecule has 7 heteroatoms. The van der Waals surface area contributed by atoms with E-state index >= 15 is 0 Å². The van der Waals surface area contributed by atoms with Gasteiger partial charge in [0.2, 0.25) is 5.91 Å². The van der Waals surface area contributed by atoms with E-state index in [0.717, 1.165) is 22.6 Å². The predicted molar refractivity (Wildman–Crippen MR) is 94.2 cm³/mol. The van der Waals surface area contributed by atoms with Crippen molar-refractivity contribution in [1.82, 2.24) is 9.55 Å². The molecule has 3 aromatic rings. The fraction of sp³-hybridized carbons (Fsp3) is 0.111. The number of anilines is 1. The van der Waals surface area contributed by atoms with Crippen LogP contribution in [0.5, 0.6) is 0 Å². The molecule has 0 aliphatic rings. The molecule has 7 nitrogen and oxygen atoms in total. The molecule has 1 aromatic heterocycles. The topological polar surface area (TPSA) is 90.1 Å². The predicted octanol–water partition coefficient (Wildman–Crippen LogP) is 3.47. The van der Waals surface area contributed by atoms with E-state index in [1.807, 2.05) is 35.0 Å². The van der Waals surface area contributed by atoms with E-state index in [4.69, 9.17) is 0 Å². The van der Waals surface area contributed by atoms with Gasteiger partial charge in [-0.15, -0.1) is 0 Å². The van der Waals surface area contributed by atoms with E-state index in [1.54, 1.807) is 18.3 Å². The molecule has 126 valence electrons. The molecule has 1 N–H and O–H groups in total. The van der Waals surface area contributed by atoms with Crippen molar-refractivity contribution >= 4 is 17.3 Å².